The third kappa shape index (κ3) is 6.65. The number of hydrogen-bond donors (Lipinski definition) is 2. The topological polar surface area (TPSA) is 89.8 Å². The first-order valence-electron chi connectivity index (χ1n) is 12.3. The van der Waals surface area contributed by atoms with Crippen LogP contribution in [0, 0.1) is 27.7 Å². The maximum absolute atomic E-state index is 13.2. The molecule has 1 amide bonds. The van der Waals surface area contributed by atoms with Gasteiger partial charge in [0.05, 0.1) is 18.9 Å². The third-order valence-electron chi connectivity index (χ3n) is 5.96. The number of nitrogens with one attached hydrogen (secondary N) is 2. The highest BCUT2D eigenvalue weighted by molar-refractivity contribution is 6.10. The number of amides is 1. The fourth-order valence-electron chi connectivity index (χ4n) is 4.02. The van der Waals surface area contributed by atoms with Gasteiger partial charge in [-0.2, -0.15) is 5.10 Å². The van der Waals surface area contributed by atoms with Crippen molar-refractivity contribution in [2.24, 2.45) is 12.0 Å². The molecule has 3 rings (SSSR count). The Morgan fingerprint density at radius 1 is 1.00 bits per heavy atom. The number of aliphatic imine (C=N–C) groups is 1. The van der Waals surface area contributed by atoms with Crippen molar-refractivity contribution in [3.05, 3.63) is 70.0 Å². The lowest BCUT2D eigenvalue weighted by molar-refractivity contribution is 0.0976. The summed E-state index contributed by atoms with van der Waals surface area (Å²) >= 11 is 0. The van der Waals surface area contributed by atoms with Crippen LogP contribution in [0.15, 0.2) is 41.4 Å². The number of aryl methyl sites for hydroxylation is 4. The summed E-state index contributed by atoms with van der Waals surface area (Å²) in [6.45, 7) is 13.4. The molecule has 36 heavy (non-hydrogen) atoms. The van der Waals surface area contributed by atoms with Crippen molar-refractivity contribution in [2.45, 2.75) is 48.0 Å². The molecule has 0 spiro atoms. The van der Waals surface area contributed by atoms with Gasteiger partial charge in [-0.05, 0) is 83.4 Å². The number of nitrogens with zero attached hydrogens (tertiary/aromatic N) is 3. The smallest absolute Gasteiger partial charge is 0.258 e. The van der Waals surface area contributed by atoms with Gasteiger partial charge in [0, 0.05) is 30.5 Å². The molecule has 2 aromatic carbocycles. The molecule has 0 saturated carbocycles. The Hall–Kier alpha value is -3.81. The molecule has 0 aliphatic heterocycles. The summed E-state index contributed by atoms with van der Waals surface area (Å²) in [6.07, 6.45) is 0.719. The van der Waals surface area contributed by atoms with Crippen molar-refractivity contribution < 1.29 is 14.3 Å². The molecule has 1 aromatic heterocycles. The summed E-state index contributed by atoms with van der Waals surface area (Å²) < 4.78 is 13.2. The maximum atomic E-state index is 13.2. The van der Waals surface area contributed by atoms with Crippen molar-refractivity contribution in [3.63, 3.8) is 0 Å². The van der Waals surface area contributed by atoms with Crippen molar-refractivity contribution in [2.75, 3.05) is 25.1 Å². The second-order valence-corrected chi connectivity index (χ2v) is 8.68. The zero-order chi connectivity index (χ0) is 26.2. The van der Waals surface area contributed by atoms with Crippen LogP contribution in [0.4, 0.5) is 5.69 Å². The molecule has 0 aliphatic rings. The number of ether oxygens (including phenoxy) is 2. The summed E-state index contributed by atoms with van der Waals surface area (Å²) in [6, 6.07) is 11.3. The minimum absolute atomic E-state index is 0.288. The van der Waals surface area contributed by atoms with E-state index in [4.69, 9.17) is 14.5 Å². The average Bonchev–Trinajstić information content (AvgIpc) is 3.07. The lowest BCUT2D eigenvalue weighted by atomic mass is 10.1. The number of anilines is 1. The number of carbonyl (C=O) groups excluding carboxylic acids is 1. The molecular formula is C28H37N5O3. The SMILES string of the molecule is CCOc1ccc(C(=O)NC(=NCCc2c(C)nn(C)c2C)Nc2ccc(C)cc2C)cc1OCC. The van der Waals surface area contributed by atoms with Gasteiger partial charge in [-0.1, -0.05) is 17.7 Å². The number of guanidine groups is 1. The minimum atomic E-state index is -0.288. The molecule has 0 saturated heterocycles. The van der Waals surface area contributed by atoms with Crippen molar-refractivity contribution in [1.29, 1.82) is 0 Å². The Labute approximate surface area is 213 Å². The molecule has 0 bridgehead atoms. The predicted molar refractivity (Wildman–Crippen MR) is 144 cm³/mol. The number of benzene rings is 2. The van der Waals surface area contributed by atoms with Crippen LogP contribution >= 0.6 is 0 Å². The maximum Gasteiger partial charge on any atom is 0.258 e. The monoisotopic (exact) mass is 491 g/mol. The van der Waals surface area contributed by atoms with Crippen LogP contribution < -0.4 is 20.1 Å². The van der Waals surface area contributed by atoms with Crippen LogP contribution in [0.25, 0.3) is 0 Å². The highest BCUT2D eigenvalue weighted by Crippen LogP contribution is 2.28. The van der Waals surface area contributed by atoms with Crippen LogP contribution in [-0.4, -0.2) is 41.4 Å². The third-order valence-corrected chi connectivity index (χ3v) is 5.96. The second kappa shape index (κ2) is 12.2. The van der Waals surface area contributed by atoms with E-state index < -0.39 is 0 Å². The van der Waals surface area contributed by atoms with E-state index >= 15 is 0 Å². The average molecular weight is 492 g/mol. The number of carbonyl (C=O) groups is 1. The molecule has 0 aliphatic carbocycles. The van der Waals surface area contributed by atoms with Gasteiger partial charge in [-0.25, -0.2) is 0 Å². The van der Waals surface area contributed by atoms with Gasteiger partial charge in [0.1, 0.15) is 0 Å². The van der Waals surface area contributed by atoms with Gasteiger partial charge in [-0.3, -0.25) is 19.8 Å². The molecule has 0 fully saturated rings. The Bertz CT molecular complexity index is 1250. The van der Waals surface area contributed by atoms with E-state index in [1.807, 2.05) is 58.5 Å². The van der Waals surface area contributed by atoms with Gasteiger partial charge in [0.15, 0.2) is 11.5 Å². The molecule has 192 valence electrons. The number of hydrogen-bond acceptors (Lipinski definition) is 5. The van der Waals surface area contributed by atoms with Crippen LogP contribution in [0.5, 0.6) is 11.5 Å². The van der Waals surface area contributed by atoms with E-state index in [1.165, 1.54) is 11.1 Å². The molecule has 1 heterocycles. The van der Waals surface area contributed by atoms with Crippen LogP contribution in [0.2, 0.25) is 0 Å². The second-order valence-electron chi connectivity index (χ2n) is 8.68. The van der Waals surface area contributed by atoms with Gasteiger partial charge in [0.25, 0.3) is 5.91 Å². The van der Waals surface area contributed by atoms with Crippen molar-refractivity contribution >= 4 is 17.6 Å². The molecular weight excluding hydrogens is 454 g/mol. The number of rotatable bonds is 9. The lowest BCUT2D eigenvalue weighted by Crippen LogP contribution is -2.36. The molecule has 3 aromatic rings. The molecule has 0 radical (unpaired) electrons. The quantitative estimate of drug-likeness (QED) is 0.329. The number of aromatic nitrogens is 2. The minimum Gasteiger partial charge on any atom is -0.490 e. The predicted octanol–water partition coefficient (Wildman–Crippen LogP) is 4.89. The highest BCUT2D eigenvalue weighted by atomic mass is 16.5. The Morgan fingerprint density at radius 3 is 2.36 bits per heavy atom. The van der Waals surface area contributed by atoms with Crippen LogP contribution in [0.1, 0.15) is 52.3 Å². The molecule has 8 nitrogen and oxygen atoms in total. The molecule has 0 unspecified atom stereocenters. The molecule has 0 atom stereocenters. The van der Waals surface area contributed by atoms with Gasteiger partial charge < -0.3 is 14.8 Å². The fourth-order valence-corrected chi connectivity index (χ4v) is 4.02. The lowest BCUT2D eigenvalue weighted by Gasteiger charge is -2.15. The first-order valence-corrected chi connectivity index (χ1v) is 12.3. The van der Waals surface area contributed by atoms with E-state index in [-0.39, 0.29) is 5.91 Å². The fraction of sp³-hybridized carbons (Fsp3) is 0.393. The van der Waals surface area contributed by atoms with Crippen molar-refractivity contribution in [3.8, 4) is 11.5 Å². The Balaban J connectivity index is 1.85. The van der Waals surface area contributed by atoms with Crippen molar-refractivity contribution in [1.82, 2.24) is 15.1 Å². The summed E-state index contributed by atoms with van der Waals surface area (Å²) in [5.74, 6) is 1.25. The zero-order valence-corrected chi connectivity index (χ0v) is 22.4. The summed E-state index contributed by atoms with van der Waals surface area (Å²) in [4.78, 5) is 17.9. The Morgan fingerprint density at radius 2 is 1.72 bits per heavy atom. The van der Waals surface area contributed by atoms with E-state index in [0.29, 0.717) is 42.8 Å². The van der Waals surface area contributed by atoms with Gasteiger partial charge >= 0.3 is 0 Å². The van der Waals surface area contributed by atoms with Gasteiger partial charge in [0.2, 0.25) is 5.96 Å². The first-order chi connectivity index (χ1) is 17.2. The largest absolute Gasteiger partial charge is 0.490 e. The highest BCUT2D eigenvalue weighted by Gasteiger charge is 2.15. The van der Waals surface area contributed by atoms with Gasteiger partial charge in [-0.15, -0.1) is 0 Å². The van der Waals surface area contributed by atoms with E-state index in [0.717, 1.165) is 29.1 Å². The molecule has 2 N–H and O–H groups in total. The van der Waals surface area contributed by atoms with Crippen LogP contribution in [0.3, 0.4) is 0 Å². The summed E-state index contributed by atoms with van der Waals surface area (Å²) in [7, 11) is 1.94. The zero-order valence-electron chi connectivity index (χ0n) is 22.4. The van der Waals surface area contributed by atoms with E-state index in [1.54, 1.807) is 18.2 Å². The normalized spacial score (nSPS) is 11.4. The van der Waals surface area contributed by atoms with E-state index in [2.05, 4.69) is 28.7 Å². The standard InChI is InChI=1S/C28H37N5O3/c1-8-35-25-13-11-22(17-26(25)36-9-2)27(34)31-28(30-24-12-10-18(3)16-19(24)4)29-15-14-23-20(5)32-33(7)21(23)6/h10-13,16-17H,8-9,14-15H2,1-7H3,(H2,29,30,31,34). The first kappa shape index (κ1) is 26.8. The Kier molecular flexibility index (Phi) is 9.11. The summed E-state index contributed by atoms with van der Waals surface area (Å²) in [5.41, 5.74) is 6.86. The van der Waals surface area contributed by atoms with Crippen LogP contribution in [-0.2, 0) is 13.5 Å². The van der Waals surface area contributed by atoms with E-state index in [9.17, 15) is 4.79 Å². The summed E-state index contributed by atoms with van der Waals surface area (Å²) in [5, 5.41) is 10.7. The molecule has 8 heteroatoms.